The summed E-state index contributed by atoms with van der Waals surface area (Å²) in [5.41, 5.74) is 2.45. The molecule has 3 aromatic heterocycles. The molecule has 0 unspecified atom stereocenters. The summed E-state index contributed by atoms with van der Waals surface area (Å²) < 4.78 is 0. The maximum Gasteiger partial charge on any atom is 0.195 e. The molecular formula is C17H11N5O2. The van der Waals surface area contributed by atoms with E-state index in [0.29, 0.717) is 33.5 Å². The molecule has 2 N–H and O–H groups in total. The molecule has 7 nitrogen and oxygen atoms in total. The number of hydrogen-bond donors (Lipinski definition) is 2. The van der Waals surface area contributed by atoms with E-state index >= 15 is 0 Å². The molecule has 0 bridgehead atoms. The quantitative estimate of drug-likeness (QED) is 0.562. The molecule has 3 heterocycles. The molecule has 0 spiro atoms. The predicted octanol–water partition coefficient (Wildman–Crippen LogP) is 2.35. The lowest BCUT2D eigenvalue weighted by Crippen LogP contribution is -2.02. The van der Waals surface area contributed by atoms with Crippen LogP contribution in [0.15, 0.2) is 54.9 Å². The summed E-state index contributed by atoms with van der Waals surface area (Å²) in [5.74, 6) is -0.0968. The topological polar surface area (TPSA) is 105 Å². The molecule has 0 aliphatic heterocycles. The van der Waals surface area contributed by atoms with Crippen LogP contribution in [-0.2, 0) is 0 Å². The van der Waals surface area contributed by atoms with Gasteiger partial charge in [-0.3, -0.25) is 9.78 Å². The second-order valence-electron chi connectivity index (χ2n) is 5.15. The average Bonchev–Trinajstić information content (AvgIpc) is 3.06. The number of pyridine rings is 1. The van der Waals surface area contributed by atoms with E-state index in [1.165, 1.54) is 12.1 Å². The van der Waals surface area contributed by atoms with E-state index in [4.69, 9.17) is 0 Å². The van der Waals surface area contributed by atoms with Gasteiger partial charge in [-0.05, 0) is 41.6 Å². The number of hydrogen-bond acceptors (Lipinski definition) is 6. The summed E-state index contributed by atoms with van der Waals surface area (Å²) in [6, 6.07) is 11.5. The molecule has 0 saturated carbocycles. The van der Waals surface area contributed by atoms with Crippen molar-refractivity contribution in [2.75, 3.05) is 0 Å². The first-order chi connectivity index (χ1) is 11.7. The maximum atomic E-state index is 12.8. The normalized spacial score (nSPS) is 10.8. The Morgan fingerprint density at radius 2 is 1.88 bits per heavy atom. The van der Waals surface area contributed by atoms with E-state index in [2.05, 4.69) is 25.4 Å². The van der Waals surface area contributed by atoms with E-state index in [9.17, 15) is 9.90 Å². The van der Waals surface area contributed by atoms with Crippen LogP contribution in [0, 0.1) is 0 Å². The zero-order chi connectivity index (χ0) is 16.5. The Balaban J connectivity index is 1.91. The number of aromatic hydroxyl groups is 1. The molecule has 116 valence electrons. The van der Waals surface area contributed by atoms with Crippen LogP contribution in [0.5, 0.6) is 5.75 Å². The molecule has 0 radical (unpaired) electrons. The lowest BCUT2D eigenvalue weighted by Gasteiger charge is -2.03. The van der Waals surface area contributed by atoms with Gasteiger partial charge in [0.15, 0.2) is 11.4 Å². The number of carbonyl (C=O) groups is 1. The number of carbonyl (C=O) groups excluding carboxylic acids is 1. The van der Waals surface area contributed by atoms with E-state index in [1.807, 2.05) is 6.07 Å². The highest BCUT2D eigenvalue weighted by Gasteiger charge is 2.20. The van der Waals surface area contributed by atoms with Gasteiger partial charge in [-0.15, -0.1) is 10.2 Å². The lowest BCUT2D eigenvalue weighted by molar-refractivity contribution is 0.104. The van der Waals surface area contributed by atoms with Gasteiger partial charge in [0.05, 0.1) is 16.6 Å². The van der Waals surface area contributed by atoms with Crippen LogP contribution in [0.3, 0.4) is 0 Å². The number of nitrogens with one attached hydrogen (secondary N) is 1. The smallest absolute Gasteiger partial charge is 0.195 e. The number of fused-ring (bicyclic) bond motifs is 1. The number of rotatable bonds is 3. The molecule has 4 aromatic rings. The zero-order valence-electron chi connectivity index (χ0n) is 12.3. The molecule has 0 fully saturated rings. The van der Waals surface area contributed by atoms with Gasteiger partial charge >= 0.3 is 0 Å². The Kier molecular flexibility index (Phi) is 3.24. The molecule has 0 atom stereocenters. The van der Waals surface area contributed by atoms with Gasteiger partial charge in [0.2, 0.25) is 0 Å². The van der Waals surface area contributed by atoms with Crippen LogP contribution in [0.25, 0.3) is 22.4 Å². The Morgan fingerprint density at radius 1 is 1.04 bits per heavy atom. The van der Waals surface area contributed by atoms with Crippen LogP contribution >= 0.6 is 0 Å². The van der Waals surface area contributed by atoms with Crippen LogP contribution < -0.4 is 0 Å². The monoisotopic (exact) mass is 317 g/mol. The molecule has 24 heavy (non-hydrogen) atoms. The van der Waals surface area contributed by atoms with Gasteiger partial charge in [0.1, 0.15) is 11.4 Å². The summed E-state index contributed by atoms with van der Waals surface area (Å²) >= 11 is 0. The van der Waals surface area contributed by atoms with Gasteiger partial charge < -0.3 is 10.1 Å². The third-order valence-electron chi connectivity index (χ3n) is 3.67. The number of ketones is 1. The van der Waals surface area contributed by atoms with Crippen LogP contribution in [-0.4, -0.2) is 36.3 Å². The van der Waals surface area contributed by atoms with Gasteiger partial charge in [-0.1, -0.05) is 6.07 Å². The van der Waals surface area contributed by atoms with Gasteiger partial charge in [-0.2, -0.15) is 0 Å². The summed E-state index contributed by atoms with van der Waals surface area (Å²) in [4.78, 5) is 20.0. The molecule has 1 aromatic carbocycles. The van der Waals surface area contributed by atoms with Gasteiger partial charge in [0.25, 0.3) is 0 Å². The molecule has 4 rings (SSSR count). The predicted molar refractivity (Wildman–Crippen MR) is 86.5 cm³/mol. The number of nitrogens with zero attached hydrogens (tertiary/aromatic N) is 4. The van der Waals surface area contributed by atoms with Crippen molar-refractivity contribution >= 4 is 16.8 Å². The van der Waals surface area contributed by atoms with Crippen molar-refractivity contribution in [3.63, 3.8) is 0 Å². The van der Waals surface area contributed by atoms with Crippen molar-refractivity contribution in [2.45, 2.75) is 0 Å². The van der Waals surface area contributed by atoms with Crippen molar-refractivity contribution in [1.82, 2.24) is 25.4 Å². The molecule has 0 amide bonds. The van der Waals surface area contributed by atoms with Crippen LogP contribution in [0.1, 0.15) is 15.9 Å². The molecular weight excluding hydrogens is 306 g/mol. The third kappa shape index (κ3) is 2.28. The number of aromatic nitrogens is 5. The van der Waals surface area contributed by atoms with E-state index < -0.39 is 0 Å². The summed E-state index contributed by atoms with van der Waals surface area (Å²) in [7, 11) is 0. The average molecular weight is 317 g/mol. The fourth-order valence-corrected chi connectivity index (χ4v) is 2.52. The highest BCUT2D eigenvalue weighted by molar-refractivity contribution is 6.18. The van der Waals surface area contributed by atoms with Crippen molar-refractivity contribution < 1.29 is 9.90 Å². The molecule has 0 saturated heterocycles. The number of benzene rings is 1. The molecule has 0 aliphatic carbocycles. The van der Waals surface area contributed by atoms with Crippen molar-refractivity contribution in [3.05, 3.63) is 66.0 Å². The molecule has 7 heteroatoms. The standard InChI is InChI=1S/C17H11N5O2/c23-11-6-4-10(5-7-11)16(24)12-9-19-17-14(12)15(20-22-21-17)13-3-1-2-8-18-13/h1-9,23H,(H,19,20,21). The van der Waals surface area contributed by atoms with Crippen LogP contribution in [0.2, 0.25) is 0 Å². The third-order valence-corrected chi connectivity index (χ3v) is 3.67. The minimum absolute atomic E-state index is 0.104. The lowest BCUT2D eigenvalue weighted by atomic mass is 10.0. The summed E-state index contributed by atoms with van der Waals surface area (Å²) in [5, 5.41) is 21.7. The fourth-order valence-electron chi connectivity index (χ4n) is 2.52. The summed E-state index contributed by atoms with van der Waals surface area (Å²) in [6.07, 6.45) is 3.24. The van der Waals surface area contributed by atoms with Crippen molar-refractivity contribution in [3.8, 4) is 17.1 Å². The largest absolute Gasteiger partial charge is 0.508 e. The first-order valence-corrected chi connectivity index (χ1v) is 7.19. The van der Waals surface area contributed by atoms with E-state index in [0.717, 1.165) is 0 Å². The number of phenolic OH excluding ortho intramolecular Hbond substituents is 1. The highest BCUT2D eigenvalue weighted by Crippen LogP contribution is 2.28. The first-order valence-electron chi connectivity index (χ1n) is 7.19. The molecule has 0 aliphatic rings. The first kappa shape index (κ1) is 14.0. The number of aromatic amines is 1. The zero-order valence-corrected chi connectivity index (χ0v) is 12.3. The van der Waals surface area contributed by atoms with Crippen LogP contribution in [0.4, 0.5) is 0 Å². The summed E-state index contributed by atoms with van der Waals surface area (Å²) in [6.45, 7) is 0. The van der Waals surface area contributed by atoms with Crippen molar-refractivity contribution in [1.29, 1.82) is 0 Å². The number of H-pyrrole nitrogens is 1. The minimum Gasteiger partial charge on any atom is -0.508 e. The SMILES string of the molecule is O=C(c1ccc(O)cc1)c1c[nH]c2nnnc(-c3ccccn3)c12. The Labute approximate surface area is 136 Å². The maximum absolute atomic E-state index is 12.8. The van der Waals surface area contributed by atoms with E-state index in [1.54, 1.807) is 36.7 Å². The fraction of sp³-hybridized carbons (Fsp3) is 0. The highest BCUT2D eigenvalue weighted by atomic mass is 16.3. The van der Waals surface area contributed by atoms with E-state index in [-0.39, 0.29) is 11.5 Å². The number of phenols is 1. The minimum atomic E-state index is -0.201. The Morgan fingerprint density at radius 3 is 2.62 bits per heavy atom. The second kappa shape index (κ2) is 5.54. The second-order valence-corrected chi connectivity index (χ2v) is 5.15. The van der Waals surface area contributed by atoms with Gasteiger partial charge in [0, 0.05) is 18.0 Å². The van der Waals surface area contributed by atoms with Gasteiger partial charge in [-0.25, -0.2) is 0 Å². The Hall–Kier alpha value is -3.61. The Bertz CT molecular complexity index is 1030. The van der Waals surface area contributed by atoms with Crippen molar-refractivity contribution in [2.24, 2.45) is 0 Å².